The van der Waals surface area contributed by atoms with E-state index in [-0.39, 0.29) is 5.41 Å². The first kappa shape index (κ1) is 24.3. The van der Waals surface area contributed by atoms with Crippen molar-refractivity contribution in [2.75, 3.05) is 5.32 Å². The Morgan fingerprint density at radius 3 is 1.21 bits per heavy atom. The second-order valence-electron chi connectivity index (χ2n) is 7.46. The van der Waals surface area contributed by atoms with Crippen LogP contribution in [0.1, 0.15) is 74.9 Å². The van der Waals surface area contributed by atoms with Gasteiger partial charge in [0.1, 0.15) is 0 Å². The maximum atomic E-state index is 3.67. The van der Waals surface area contributed by atoms with Gasteiger partial charge >= 0.3 is 0 Å². The van der Waals surface area contributed by atoms with Crippen LogP contribution in [0.25, 0.3) is 0 Å². The van der Waals surface area contributed by atoms with Crippen molar-refractivity contribution in [3.63, 3.8) is 0 Å². The fraction of sp³-hybridized carbons (Fsp3) is 0.250. The van der Waals surface area contributed by atoms with Gasteiger partial charge in [0.15, 0.2) is 0 Å². The topological polar surface area (TPSA) is 12.0 Å². The van der Waals surface area contributed by atoms with E-state index in [1.165, 1.54) is 44.8 Å². The standard InChI is InChI=1S/C26H19N.3C2H6/c1-3-11-20-18(9-1)17-19-10-2-4-12-21(19)26(20)22-13-5-7-15-24(22)27-25-16-8-6-14-23(25)26;3*1-2/h1-16,27H,17H2;3*1-2H3. The second-order valence-corrected chi connectivity index (χ2v) is 7.46. The smallest absolute Gasteiger partial charge is 0.0747 e. The molecule has 0 bridgehead atoms. The highest BCUT2D eigenvalue weighted by Gasteiger charge is 2.47. The lowest BCUT2D eigenvalue weighted by Crippen LogP contribution is -2.39. The summed E-state index contributed by atoms with van der Waals surface area (Å²) in [5, 5.41) is 3.67. The van der Waals surface area contributed by atoms with Gasteiger partial charge in [0.05, 0.1) is 5.41 Å². The van der Waals surface area contributed by atoms with Crippen molar-refractivity contribution in [1.29, 1.82) is 0 Å². The predicted octanol–water partition coefficient (Wildman–Crippen LogP) is 9.11. The van der Waals surface area contributed by atoms with Gasteiger partial charge in [-0.15, -0.1) is 0 Å². The summed E-state index contributed by atoms with van der Waals surface area (Å²) >= 11 is 0. The highest BCUT2D eigenvalue weighted by molar-refractivity contribution is 5.83. The Morgan fingerprint density at radius 1 is 0.455 bits per heavy atom. The van der Waals surface area contributed by atoms with E-state index in [9.17, 15) is 0 Å². The molecule has 33 heavy (non-hydrogen) atoms. The summed E-state index contributed by atoms with van der Waals surface area (Å²) in [5.74, 6) is 0. The fourth-order valence-corrected chi connectivity index (χ4v) is 5.14. The van der Waals surface area contributed by atoms with Crippen molar-refractivity contribution in [2.24, 2.45) is 0 Å². The number of hydrogen-bond donors (Lipinski definition) is 1. The first-order chi connectivity index (χ1) is 16.4. The van der Waals surface area contributed by atoms with Crippen molar-refractivity contribution in [3.8, 4) is 0 Å². The van der Waals surface area contributed by atoms with Crippen LogP contribution in [-0.4, -0.2) is 0 Å². The van der Waals surface area contributed by atoms with Crippen molar-refractivity contribution in [2.45, 2.75) is 53.4 Å². The van der Waals surface area contributed by atoms with Crippen LogP contribution < -0.4 is 5.32 Å². The Morgan fingerprint density at radius 2 is 0.788 bits per heavy atom. The van der Waals surface area contributed by atoms with E-state index in [4.69, 9.17) is 0 Å². The molecule has 1 heteroatoms. The maximum absolute atomic E-state index is 3.67. The normalized spacial score (nSPS) is 12.9. The molecular weight excluding hydrogens is 398 g/mol. The minimum absolute atomic E-state index is 0.274. The predicted molar refractivity (Wildman–Crippen MR) is 145 cm³/mol. The van der Waals surface area contributed by atoms with Crippen LogP contribution in [0.15, 0.2) is 97.1 Å². The quantitative estimate of drug-likeness (QED) is 0.251. The molecule has 0 radical (unpaired) electrons. The fourth-order valence-electron chi connectivity index (χ4n) is 5.14. The van der Waals surface area contributed by atoms with Gasteiger partial charge in [-0.2, -0.15) is 0 Å². The zero-order chi connectivity index (χ0) is 23.8. The minimum atomic E-state index is -0.274. The lowest BCUT2D eigenvalue weighted by molar-refractivity contribution is 0.700. The van der Waals surface area contributed by atoms with Gasteiger partial charge in [0, 0.05) is 11.4 Å². The highest BCUT2D eigenvalue weighted by atomic mass is 14.9. The summed E-state index contributed by atoms with van der Waals surface area (Å²) in [6, 6.07) is 35.5. The van der Waals surface area contributed by atoms with Crippen LogP contribution in [-0.2, 0) is 11.8 Å². The molecule has 1 spiro atoms. The molecule has 6 rings (SSSR count). The Kier molecular flexibility index (Phi) is 8.11. The van der Waals surface area contributed by atoms with Crippen LogP contribution in [0.4, 0.5) is 11.4 Å². The Labute approximate surface area is 200 Å². The van der Waals surface area contributed by atoms with Crippen molar-refractivity contribution < 1.29 is 0 Å². The van der Waals surface area contributed by atoms with Crippen LogP contribution in [0.5, 0.6) is 0 Å². The molecule has 0 saturated carbocycles. The molecule has 0 amide bonds. The number of anilines is 2. The molecule has 170 valence electrons. The van der Waals surface area contributed by atoms with Gasteiger partial charge in [-0.3, -0.25) is 0 Å². The van der Waals surface area contributed by atoms with E-state index >= 15 is 0 Å². The lowest BCUT2D eigenvalue weighted by atomic mass is 9.58. The van der Waals surface area contributed by atoms with E-state index in [1.54, 1.807) is 0 Å². The van der Waals surface area contributed by atoms with Gasteiger partial charge in [-0.05, 0) is 51.9 Å². The summed E-state index contributed by atoms with van der Waals surface area (Å²) in [7, 11) is 0. The molecule has 1 N–H and O–H groups in total. The van der Waals surface area contributed by atoms with Crippen molar-refractivity contribution in [3.05, 3.63) is 130 Å². The molecule has 1 aliphatic carbocycles. The molecule has 2 aliphatic rings. The number of nitrogens with one attached hydrogen (secondary N) is 1. The lowest BCUT2D eigenvalue weighted by Gasteiger charge is -2.46. The monoisotopic (exact) mass is 435 g/mol. The molecule has 0 atom stereocenters. The van der Waals surface area contributed by atoms with Gasteiger partial charge < -0.3 is 5.32 Å². The molecule has 0 aromatic heterocycles. The van der Waals surface area contributed by atoms with Crippen LogP contribution in [0.2, 0.25) is 0 Å². The van der Waals surface area contributed by atoms with E-state index in [0.29, 0.717) is 0 Å². The third kappa shape index (κ3) is 3.86. The first-order valence-electron chi connectivity index (χ1n) is 12.5. The molecule has 4 aromatic rings. The summed E-state index contributed by atoms with van der Waals surface area (Å²) < 4.78 is 0. The highest BCUT2D eigenvalue weighted by Crippen LogP contribution is 2.56. The molecule has 1 heterocycles. The van der Waals surface area contributed by atoms with Crippen molar-refractivity contribution in [1.82, 2.24) is 0 Å². The van der Waals surface area contributed by atoms with Gasteiger partial charge in [-0.25, -0.2) is 0 Å². The summed E-state index contributed by atoms with van der Waals surface area (Å²) in [4.78, 5) is 0. The molecule has 4 aromatic carbocycles. The first-order valence-corrected chi connectivity index (χ1v) is 12.5. The number of rotatable bonds is 0. The Hall–Kier alpha value is -3.32. The SMILES string of the molecule is CC.CC.CC.c1ccc2c(c1)Cc1ccccc1C21c2ccccc2Nc2ccccc21. The molecular formula is C32H37N. The molecule has 1 aliphatic heterocycles. The third-order valence-electron chi connectivity index (χ3n) is 6.16. The van der Waals surface area contributed by atoms with Crippen LogP contribution >= 0.6 is 0 Å². The van der Waals surface area contributed by atoms with Gasteiger partial charge in [-0.1, -0.05) is 126 Å². The average molecular weight is 436 g/mol. The van der Waals surface area contributed by atoms with E-state index in [0.717, 1.165) is 6.42 Å². The molecule has 0 saturated heterocycles. The number of hydrogen-bond acceptors (Lipinski definition) is 1. The largest absolute Gasteiger partial charge is 0.355 e. The average Bonchev–Trinajstić information content (AvgIpc) is 2.92. The zero-order valence-electron chi connectivity index (χ0n) is 20.9. The van der Waals surface area contributed by atoms with Gasteiger partial charge in [0.25, 0.3) is 0 Å². The van der Waals surface area contributed by atoms with Gasteiger partial charge in [0.2, 0.25) is 0 Å². The number of benzene rings is 4. The summed E-state index contributed by atoms with van der Waals surface area (Å²) in [5.41, 5.74) is 10.4. The Bertz CT molecular complexity index is 999. The van der Waals surface area contributed by atoms with Crippen molar-refractivity contribution >= 4 is 11.4 Å². The third-order valence-corrected chi connectivity index (χ3v) is 6.16. The molecule has 0 fully saturated rings. The summed E-state index contributed by atoms with van der Waals surface area (Å²) in [6.45, 7) is 12.0. The maximum Gasteiger partial charge on any atom is 0.0747 e. The molecule has 1 nitrogen and oxygen atoms in total. The van der Waals surface area contributed by atoms with E-state index in [2.05, 4.69) is 102 Å². The summed E-state index contributed by atoms with van der Waals surface area (Å²) in [6.07, 6.45) is 0.992. The minimum Gasteiger partial charge on any atom is -0.355 e. The zero-order valence-corrected chi connectivity index (χ0v) is 20.9. The van der Waals surface area contributed by atoms with E-state index in [1.807, 2.05) is 41.5 Å². The van der Waals surface area contributed by atoms with Crippen LogP contribution in [0, 0.1) is 0 Å². The number of fused-ring (bicyclic) bond motifs is 8. The van der Waals surface area contributed by atoms with E-state index < -0.39 is 0 Å². The Balaban J connectivity index is 0.000000475. The van der Waals surface area contributed by atoms with Crippen LogP contribution in [0.3, 0.4) is 0 Å². The number of para-hydroxylation sites is 2. The second kappa shape index (κ2) is 11.0. The molecule has 0 unspecified atom stereocenters.